The molecule has 0 aliphatic heterocycles. The monoisotopic (exact) mass is 116 g/mol. The van der Waals surface area contributed by atoms with Crippen molar-refractivity contribution >= 4 is 0 Å². The molecule has 0 radical (unpaired) electrons. The Kier molecular flexibility index (Phi) is 9.21. The van der Waals surface area contributed by atoms with Gasteiger partial charge in [0.1, 0.15) is 0 Å². The summed E-state index contributed by atoms with van der Waals surface area (Å²) < 4.78 is 0. The Balaban J connectivity index is 0. The van der Waals surface area contributed by atoms with E-state index in [1.807, 2.05) is 0 Å². The van der Waals surface area contributed by atoms with E-state index in [1.165, 1.54) is 0 Å². The topological polar surface area (TPSA) is 81.7 Å². The molecule has 0 unspecified atom stereocenters. The summed E-state index contributed by atoms with van der Waals surface area (Å²) in [5.41, 5.74) is 0. The van der Waals surface area contributed by atoms with E-state index in [1.54, 1.807) is 5.28 Å². The minimum absolute atomic E-state index is 0. The third-order valence-electron chi connectivity index (χ3n) is 0.0730. The normalized spacial score (nSPS) is 5.33. The van der Waals surface area contributed by atoms with Gasteiger partial charge in [0.15, 0.2) is 0 Å². The second-order valence-corrected chi connectivity index (χ2v) is 0.327. The van der Waals surface area contributed by atoms with E-state index in [0.29, 0.717) is 0 Å². The van der Waals surface area contributed by atoms with Gasteiger partial charge in [-0.15, -0.1) is 0 Å². The summed E-state index contributed by atoms with van der Waals surface area (Å²) in [4.78, 5) is 0. The Morgan fingerprint density at radius 3 is 1.67 bits per heavy atom. The molecule has 6 heavy (non-hydrogen) atoms. The van der Waals surface area contributed by atoms with E-state index in [9.17, 15) is 0 Å². The molecule has 30 valence electrons. The Morgan fingerprint density at radius 1 is 1.50 bits per heavy atom. The molecule has 0 bridgehead atoms. The molecule has 0 saturated heterocycles. The van der Waals surface area contributed by atoms with Crippen LogP contribution >= 0.6 is 0 Å². The van der Waals surface area contributed by atoms with E-state index in [2.05, 4.69) is 0 Å². The number of rotatable bonds is 0. The number of hydrogen-bond acceptors (Lipinski definition) is 3. The summed E-state index contributed by atoms with van der Waals surface area (Å²) in [6, 6.07) is 0. The second-order valence-electron chi connectivity index (χ2n) is 0.327. The van der Waals surface area contributed by atoms with Crippen LogP contribution in [0.4, 0.5) is 0 Å². The fourth-order valence-corrected chi connectivity index (χ4v) is 0. The first-order valence-corrected chi connectivity index (χ1v) is 0.765. The zero-order chi connectivity index (χ0) is 4.28. The van der Waals surface area contributed by atoms with Crippen LogP contribution in [-0.4, -0.2) is 10.2 Å². The van der Waals surface area contributed by atoms with Crippen LogP contribution < -0.4 is 51.4 Å². The molecule has 0 aliphatic carbocycles. The molecule has 6 heteroatoms. The second kappa shape index (κ2) is 5.64. The molecular weight excluding hydrogens is 115 g/mol. The van der Waals surface area contributed by atoms with E-state index >= 15 is 0 Å². The summed E-state index contributed by atoms with van der Waals surface area (Å²) >= 11 is 0. The average molecular weight is 116 g/mol. The van der Waals surface area contributed by atoms with Gasteiger partial charge < -0.3 is 15.6 Å². The molecule has 0 atom stereocenters. The molecule has 0 aliphatic rings. The molecule has 5 nitrogen and oxygen atoms in total. The molecule has 0 amide bonds. The summed E-state index contributed by atoms with van der Waals surface area (Å²) in [5.74, 6) is 0. The maximum atomic E-state index is 8.76. The zero-order valence-electron chi connectivity index (χ0n) is 3.16. The number of hydrogen-bond donors (Lipinski definition) is 1. The molecule has 1 N–H and O–H groups in total. The Morgan fingerprint density at radius 2 is 1.67 bits per heavy atom. The van der Waals surface area contributed by atoms with Crippen LogP contribution in [0.2, 0.25) is 0 Å². The Labute approximate surface area is 76.2 Å². The standard InChI is InChI=1S/K.HN2O3/c;3-1-2(4)5/h;(H-,1,3,4,5)/q+1;-1. The maximum Gasteiger partial charge on any atom is 1.00 e. The quantitative estimate of drug-likeness (QED) is 0.206. The van der Waals surface area contributed by atoms with Crippen LogP contribution in [0.5, 0.6) is 0 Å². The third kappa shape index (κ3) is 8.82. The van der Waals surface area contributed by atoms with Crippen LogP contribution in [0.3, 0.4) is 0 Å². The maximum absolute atomic E-state index is 8.76. The van der Waals surface area contributed by atoms with Crippen molar-refractivity contribution in [3.8, 4) is 0 Å². The van der Waals surface area contributed by atoms with Crippen molar-refractivity contribution in [3.05, 3.63) is 10.4 Å². The van der Waals surface area contributed by atoms with Gasteiger partial charge in [0.25, 0.3) is 0 Å². The van der Waals surface area contributed by atoms with E-state index in [-0.39, 0.29) is 51.4 Å². The third-order valence-corrected chi connectivity index (χ3v) is 0.0730. The first kappa shape index (κ1) is 9.81. The molecule has 0 fully saturated rings. The smallest absolute Gasteiger partial charge is 0.585 e. The SMILES string of the molecule is [K+].[O-][N+]([O-])=NO. The molecule has 0 rings (SSSR count). The molecule has 0 aromatic carbocycles. The first-order chi connectivity index (χ1) is 2.27. The van der Waals surface area contributed by atoms with Gasteiger partial charge in [-0.2, -0.15) is 0 Å². The minimum atomic E-state index is -1.19. The predicted molar refractivity (Wildman–Crippen MR) is 11.2 cm³/mol. The van der Waals surface area contributed by atoms with Crippen LogP contribution in [0.15, 0.2) is 5.28 Å². The zero-order valence-corrected chi connectivity index (χ0v) is 6.28. The van der Waals surface area contributed by atoms with Crippen LogP contribution in [0.1, 0.15) is 0 Å². The number of nitrogens with zero attached hydrogens (tertiary/aromatic N) is 2. The van der Waals surface area contributed by atoms with E-state index in [4.69, 9.17) is 15.6 Å². The van der Waals surface area contributed by atoms with Gasteiger partial charge in [-0.05, 0) is 5.02 Å². The molecule has 0 spiro atoms. The van der Waals surface area contributed by atoms with Gasteiger partial charge in [-0.25, -0.2) is 0 Å². The van der Waals surface area contributed by atoms with Gasteiger partial charge in [-0.1, -0.05) is 0 Å². The molecule has 0 saturated carbocycles. The van der Waals surface area contributed by atoms with Gasteiger partial charge in [0, 0.05) is 0 Å². The van der Waals surface area contributed by atoms with Gasteiger partial charge in [0.2, 0.25) is 5.28 Å². The van der Waals surface area contributed by atoms with Crippen molar-refractivity contribution < 1.29 is 61.6 Å². The summed E-state index contributed by atoms with van der Waals surface area (Å²) in [7, 11) is 0. The molecular formula is HKN2O3. The van der Waals surface area contributed by atoms with E-state index in [0.717, 1.165) is 0 Å². The van der Waals surface area contributed by atoms with Gasteiger partial charge in [-0.3, -0.25) is 0 Å². The van der Waals surface area contributed by atoms with Crippen LogP contribution in [-0.2, 0) is 0 Å². The fourth-order valence-electron chi connectivity index (χ4n) is 0. The van der Waals surface area contributed by atoms with Gasteiger partial charge >= 0.3 is 51.4 Å². The van der Waals surface area contributed by atoms with Crippen LogP contribution in [0, 0.1) is 10.4 Å². The van der Waals surface area contributed by atoms with Crippen molar-refractivity contribution in [2.75, 3.05) is 0 Å². The minimum Gasteiger partial charge on any atom is -0.585 e. The Bertz CT molecular complexity index is 46.8. The van der Waals surface area contributed by atoms with Gasteiger partial charge in [0.05, 0.1) is 0 Å². The largest absolute Gasteiger partial charge is 1.00 e. The predicted octanol–water partition coefficient (Wildman–Crippen LogP) is -3.16. The van der Waals surface area contributed by atoms with E-state index < -0.39 is 5.02 Å². The molecule has 0 aromatic heterocycles. The molecule has 0 heterocycles. The van der Waals surface area contributed by atoms with Crippen molar-refractivity contribution in [1.29, 1.82) is 0 Å². The van der Waals surface area contributed by atoms with Crippen molar-refractivity contribution in [2.45, 2.75) is 0 Å². The Hall–Kier alpha value is 0.636. The summed E-state index contributed by atoms with van der Waals surface area (Å²) in [6.07, 6.45) is 0. The fraction of sp³-hybridized carbons (Fsp3) is 0. The van der Waals surface area contributed by atoms with Crippen molar-refractivity contribution in [1.82, 2.24) is 0 Å². The van der Waals surface area contributed by atoms with Crippen molar-refractivity contribution in [2.24, 2.45) is 5.28 Å². The van der Waals surface area contributed by atoms with Crippen LogP contribution in [0.25, 0.3) is 0 Å². The molecule has 0 aromatic rings. The average Bonchev–Trinajstić information content (AvgIpc) is 1.38. The van der Waals surface area contributed by atoms with Crippen molar-refractivity contribution in [3.63, 3.8) is 0 Å². The first-order valence-electron chi connectivity index (χ1n) is 0.765. The summed E-state index contributed by atoms with van der Waals surface area (Å²) in [5, 5.41) is 25.0. The summed E-state index contributed by atoms with van der Waals surface area (Å²) in [6.45, 7) is 0.